The van der Waals surface area contributed by atoms with Crippen molar-refractivity contribution in [2.45, 2.75) is 26.3 Å². The number of aryl methyl sites for hydroxylation is 1. The minimum atomic E-state index is -0.100. The molecule has 176 valence electrons. The SMILES string of the molecule is Cc1ccc(C(=O)N2CCCC(C(=O)N3CCN(Cc4cccc5cccnc45)CC3)C2)cc1. The van der Waals surface area contributed by atoms with Crippen molar-refractivity contribution in [3.8, 4) is 0 Å². The largest absolute Gasteiger partial charge is 0.340 e. The molecule has 2 amide bonds. The van der Waals surface area contributed by atoms with E-state index in [0.717, 1.165) is 68.6 Å². The summed E-state index contributed by atoms with van der Waals surface area (Å²) in [6, 6.07) is 18.1. The van der Waals surface area contributed by atoms with Gasteiger partial charge >= 0.3 is 0 Å². The van der Waals surface area contributed by atoms with Gasteiger partial charge in [-0.1, -0.05) is 42.0 Å². The lowest BCUT2D eigenvalue weighted by molar-refractivity contribution is -0.138. The summed E-state index contributed by atoms with van der Waals surface area (Å²) in [4.78, 5) is 37.1. The van der Waals surface area contributed by atoms with Crippen molar-refractivity contribution in [1.29, 1.82) is 0 Å². The number of carbonyl (C=O) groups is 2. The molecule has 3 aromatic rings. The molecular weight excluding hydrogens is 424 g/mol. The fourth-order valence-corrected chi connectivity index (χ4v) is 5.16. The summed E-state index contributed by atoms with van der Waals surface area (Å²) >= 11 is 0. The molecule has 6 nitrogen and oxygen atoms in total. The molecule has 2 fully saturated rings. The van der Waals surface area contributed by atoms with Gasteiger partial charge in [-0.15, -0.1) is 0 Å². The van der Waals surface area contributed by atoms with Gasteiger partial charge in [-0.3, -0.25) is 19.5 Å². The van der Waals surface area contributed by atoms with Crippen LogP contribution in [-0.2, 0) is 11.3 Å². The van der Waals surface area contributed by atoms with E-state index in [1.807, 2.05) is 53.3 Å². The summed E-state index contributed by atoms with van der Waals surface area (Å²) in [6.07, 6.45) is 3.58. The smallest absolute Gasteiger partial charge is 0.253 e. The number of amides is 2. The zero-order valence-corrected chi connectivity index (χ0v) is 19.8. The standard InChI is InChI=1S/C28H32N4O2/c1-21-9-11-23(12-10-21)27(33)32-14-4-8-25(20-32)28(34)31-17-15-30(16-18-31)19-24-6-2-5-22-7-3-13-29-26(22)24/h2-3,5-7,9-13,25H,4,8,14-20H2,1H3. The second kappa shape index (κ2) is 9.94. The molecule has 1 unspecified atom stereocenters. The molecule has 1 atom stereocenters. The molecule has 1 aromatic heterocycles. The highest BCUT2D eigenvalue weighted by Gasteiger charge is 2.33. The van der Waals surface area contributed by atoms with E-state index in [2.05, 4.69) is 34.1 Å². The Kier molecular flexibility index (Phi) is 6.59. The molecule has 2 saturated heterocycles. The van der Waals surface area contributed by atoms with Gasteiger partial charge in [0.1, 0.15) is 0 Å². The van der Waals surface area contributed by atoms with Crippen molar-refractivity contribution < 1.29 is 9.59 Å². The molecule has 34 heavy (non-hydrogen) atoms. The third kappa shape index (κ3) is 4.82. The Balaban J connectivity index is 1.17. The van der Waals surface area contributed by atoms with Crippen LogP contribution in [0.1, 0.15) is 34.3 Å². The number of rotatable bonds is 4. The fourth-order valence-electron chi connectivity index (χ4n) is 5.16. The van der Waals surface area contributed by atoms with Crippen LogP contribution in [0.25, 0.3) is 10.9 Å². The molecule has 3 heterocycles. The van der Waals surface area contributed by atoms with Crippen molar-refractivity contribution in [1.82, 2.24) is 19.7 Å². The van der Waals surface area contributed by atoms with Crippen molar-refractivity contribution in [2.75, 3.05) is 39.3 Å². The summed E-state index contributed by atoms with van der Waals surface area (Å²) in [5.41, 5.74) is 4.13. The zero-order valence-electron chi connectivity index (χ0n) is 19.8. The maximum absolute atomic E-state index is 13.3. The normalized spacial score (nSPS) is 19.4. The highest BCUT2D eigenvalue weighted by Crippen LogP contribution is 2.23. The van der Waals surface area contributed by atoms with Gasteiger partial charge in [0.25, 0.3) is 5.91 Å². The molecule has 6 heteroatoms. The van der Waals surface area contributed by atoms with E-state index < -0.39 is 0 Å². The van der Waals surface area contributed by atoms with Crippen molar-refractivity contribution >= 4 is 22.7 Å². The summed E-state index contributed by atoms with van der Waals surface area (Å²) in [5, 5.41) is 1.16. The number of hydrogen-bond donors (Lipinski definition) is 0. The Morgan fingerprint density at radius 3 is 2.47 bits per heavy atom. The quantitative estimate of drug-likeness (QED) is 0.600. The van der Waals surface area contributed by atoms with E-state index in [1.165, 1.54) is 5.56 Å². The first kappa shape index (κ1) is 22.5. The van der Waals surface area contributed by atoms with E-state index in [0.29, 0.717) is 12.1 Å². The monoisotopic (exact) mass is 456 g/mol. The number of piperazine rings is 1. The van der Waals surface area contributed by atoms with Crippen LogP contribution in [0.2, 0.25) is 0 Å². The molecular formula is C28H32N4O2. The number of nitrogens with zero attached hydrogens (tertiary/aromatic N) is 4. The molecule has 2 aliphatic heterocycles. The number of likely N-dealkylation sites (tertiary alicyclic amines) is 1. The lowest BCUT2D eigenvalue weighted by atomic mass is 9.95. The second-order valence-corrected chi connectivity index (χ2v) is 9.55. The Hall–Kier alpha value is -3.25. The Morgan fingerprint density at radius 2 is 1.68 bits per heavy atom. The summed E-state index contributed by atoms with van der Waals surface area (Å²) in [5.74, 6) is 0.135. The minimum absolute atomic E-state index is 0.0333. The predicted octanol–water partition coefficient (Wildman–Crippen LogP) is 3.74. The van der Waals surface area contributed by atoms with Gasteiger partial charge in [-0.2, -0.15) is 0 Å². The molecule has 0 saturated carbocycles. The van der Waals surface area contributed by atoms with Crippen LogP contribution in [0.4, 0.5) is 0 Å². The predicted molar refractivity (Wildman–Crippen MR) is 133 cm³/mol. The molecule has 0 aliphatic carbocycles. The lowest BCUT2D eigenvalue weighted by Gasteiger charge is -2.39. The molecule has 0 spiro atoms. The van der Waals surface area contributed by atoms with Crippen LogP contribution in [0.5, 0.6) is 0 Å². The van der Waals surface area contributed by atoms with Gasteiger partial charge in [0.05, 0.1) is 11.4 Å². The van der Waals surface area contributed by atoms with E-state index in [-0.39, 0.29) is 17.7 Å². The van der Waals surface area contributed by atoms with Crippen LogP contribution < -0.4 is 0 Å². The van der Waals surface area contributed by atoms with Crippen LogP contribution in [0.15, 0.2) is 60.8 Å². The highest BCUT2D eigenvalue weighted by atomic mass is 16.2. The number of aromatic nitrogens is 1. The van der Waals surface area contributed by atoms with Crippen LogP contribution in [-0.4, -0.2) is 70.8 Å². The van der Waals surface area contributed by atoms with Crippen LogP contribution in [0.3, 0.4) is 0 Å². The maximum atomic E-state index is 13.3. The highest BCUT2D eigenvalue weighted by molar-refractivity contribution is 5.94. The first-order valence-electron chi connectivity index (χ1n) is 12.3. The van der Waals surface area contributed by atoms with E-state index >= 15 is 0 Å². The van der Waals surface area contributed by atoms with Crippen molar-refractivity contribution in [2.24, 2.45) is 5.92 Å². The third-order valence-corrected chi connectivity index (χ3v) is 7.15. The molecule has 0 N–H and O–H groups in total. The average Bonchev–Trinajstić information content (AvgIpc) is 2.89. The van der Waals surface area contributed by atoms with E-state index in [4.69, 9.17) is 0 Å². The van der Waals surface area contributed by atoms with Crippen LogP contribution >= 0.6 is 0 Å². The van der Waals surface area contributed by atoms with Gasteiger partial charge in [0.15, 0.2) is 0 Å². The minimum Gasteiger partial charge on any atom is -0.340 e. The number of benzene rings is 2. The molecule has 0 radical (unpaired) electrons. The zero-order chi connectivity index (χ0) is 23.5. The van der Waals surface area contributed by atoms with E-state index in [9.17, 15) is 9.59 Å². The topological polar surface area (TPSA) is 56.8 Å². The molecule has 2 aromatic carbocycles. The van der Waals surface area contributed by atoms with Crippen molar-refractivity contribution in [3.05, 3.63) is 77.5 Å². The Morgan fingerprint density at radius 1 is 0.912 bits per heavy atom. The van der Waals surface area contributed by atoms with Gasteiger partial charge in [0, 0.05) is 63.0 Å². The number of piperidine rings is 1. The summed E-state index contributed by atoms with van der Waals surface area (Å²) < 4.78 is 0. The fraction of sp³-hybridized carbons (Fsp3) is 0.393. The third-order valence-electron chi connectivity index (χ3n) is 7.15. The first-order chi connectivity index (χ1) is 16.6. The Bertz CT molecular complexity index is 1160. The lowest BCUT2D eigenvalue weighted by Crippen LogP contribution is -2.52. The number of carbonyl (C=O) groups excluding carboxylic acids is 2. The van der Waals surface area contributed by atoms with Gasteiger partial charge in [0.2, 0.25) is 5.91 Å². The molecule has 5 rings (SSSR count). The second-order valence-electron chi connectivity index (χ2n) is 9.55. The number of hydrogen-bond acceptors (Lipinski definition) is 4. The number of fused-ring (bicyclic) bond motifs is 1. The summed E-state index contributed by atoms with van der Waals surface area (Å²) in [6.45, 7) is 7.29. The Labute approximate surface area is 201 Å². The average molecular weight is 457 g/mol. The molecule has 2 aliphatic rings. The maximum Gasteiger partial charge on any atom is 0.253 e. The van der Waals surface area contributed by atoms with Gasteiger partial charge in [-0.05, 0) is 43.5 Å². The summed E-state index contributed by atoms with van der Waals surface area (Å²) in [7, 11) is 0. The van der Waals surface area contributed by atoms with E-state index in [1.54, 1.807) is 0 Å². The number of para-hydroxylation sites is 1. The van der Waals surface area contributed by atoms with Crippen molar-refractivity contribution in [3.63, 3.8) is 0 Å². The first-order valence-corrected chi connectivity index (χ1v) is 12.3. The van der Waals surface area contributed by atoms with Gasteiger partial charge in [-0.25, -0.2) is 0 Å². The van der Waals surface area contributed by atoms with Crippen LogP contribution in [0, 0.1) is 12.8 Å². The van der Waals surface area contributed by atoms with Gasteiger partial charge < -0.3 is 9.80 Å². The number of pyridine rings is 1. The molecule has 0 bridgehead atoms.